The lowest BCUT2D eigenvalue weighted by Gasteiger charge is -2.28. The molecule has 1 fully saturated rings. The molecule has 3 aromatic rings. The van der Waals surface area contributed by atoms with E-state index in [9.17, 15) is 36.3 Å². The smallest absolute Gasteiger partial charge is 0.416 e. The minimum Gasteiger partial charge on any atom is -0.496 e. The van der Waals surface area contributed by atoms with Gasteiger partial charge in [0.15, 0.2) is 0 Å². The van der Waals surface area contributed by atoms with Gasteiger partial charge in [-0.2, -0.15) is 13.2 Å². The number of alkyl halides is 3. The molecule has 1 saturated carbocycles. The lowest BCUT2D eigenvalue weighted by atomic mass is 9.87. The maximum atomic E-state index is 15.0. The molecular formula is C30H23F5N2O5. The number of hydrogen-bond acceptors (Lipinski definition) is 4. The average Bonchev–Trinajstić information content (AvgIpc) is 3.54. The fourth-order valence-corrected chi connectivity index (χ4v) is 5.57. The standard InChI is InChI=1S/C30H23F5N2O5/c1-42-24-13-23(32)21(14-2-4-15(5-3-14)29(40)41)12-22(24)27(38)37-26-17-7-6-16(8-17)25(26)28(39)36-20-10-18(30(33,34)35)9-19(31)11-20/h2-7,9-13,16-17,25-26H,8H2,1H3,(H,36,39)(H,37,38)(H,40,41). The zero-order valence-corrected chi connectivity index (χ0v) is 21.8. The van der Waals surface area contributed by atoms with Crippen molar-refractivity contribution >= 4 is 23.5 Å². The zero-order valence-electron chi connectivity index (χ0n) is 21.8. The number of hydrogen-bond donors (Lipinski definition) is 3. The van der Waals surface area contributed by atoms with E-state index in [2.05, 4.69) is 10.6 Å². The number of carboxylic acid groups (broad SMARTS) is 1. The normalized spacial score (nSPS) is 20.8. The highest BCUT2D eigenvalue weighted by Crippen LogP contribution is 2.45. The van der Waals surface area contributed by atoms with Crippen molar-refractivity contribution in [2.24, 2.45) is 17.8 Å². The largest absolute Gasteiger partial charge is 0.496 e. The second-order valence-corrected chi connectivity index (χ2v) is 10.1. The van der Waals surface area contributed by atoms with Crippen LogP contribution in [-0.2, 0) is 11.0 Å². The highest BCUT2D eigenvalue weighted by molar-refractivity contribution is 6.00. The second kappa shape index (κ2) is 10.9. The third kappa shape index (κ3) is 5.56. The molecule has 42 heavy (non-hydrogen) atoms. The molecule has 4 atom stereocenters. The monoisotopic (exact) mass is 586 g/mol. The fourth-order valence-electron chi connectivity index (χ4n) is 5.57. The topological polar surface area (TPSA) is 105 Å². The van der Waals surface area contributed by atoms with Crippen LogP contribution in [0.4, 0.5) is 27.6 Å². The molecule has 5 rings (SSSR count). The molecule has 2 amide bonds. The molecule has 0 radical (unpaired) electrons. The summed E-state index contributed by atoms with van der Waals surface area (Å²) >= 11 is 0. The summed E-state index contributed by atoms with van der Waals surface area (Å²) in [6.45, 7) is 0. The molecule has 3 N–H and O–H groups in total. The predicted molar refractivity (Wildman–Crippen MR) is 141 cm³/mol. The first-order chi connectivity index (χ1) is 19.8. The lowest BCUT2D eigenvalue weighted by Crippen LogP contribution is -2.47. The fraction of sp³-hybridized carbons (Fsp3) is 0.233. The molecule has 0 aromatic heterocycles. The molecule has 2 aliphatic carbocycles. The Bertz CT molecular complexity index is 1600. The van der Waals surface area contributed by atoms with Gasteiger partial charge in [0.05, 0.1) is 29.7 Å². The number of carbonyl (C=O) groups is 3. The summed E-state index contributed by atoms with van der Waals surface area (Å²) in [6.07, 6.45) is -0.692. The van der Waals surface area contributed by atoms with Gasteiger partial charge in [-0.15, -0.1) is 0 Å². The molecular weight excluding hydrogens is 563 g/mol. The molecule has 2 bridgehead atoms. The summed E-state index contributed by atoms with van der Waals surface area (Å²) in [4.78, 5) is 37.9. The Morgan fingerprint density at radius 2 is 1.64 bits per heavy atom. The van der Waals surface area contributed by atoms with Crippen molar-refractivity contribution in [1.29, 1.82) is 0 Å². The Kier molecular flexibility index (Phi) is 7.48. The summed E-state index contributed by atoms with van der Waals surface area (Å²) in [5.41, 5.74) is -1.38. The summed E-state index contributed by atoms with van der Waals surface area (Å²) in [5, 5.41) is 14.3. The molecule has 3 aromatic carbocycles. The Labute approximate surface area is 236 Å². The lowest BCUT2D eigenvalue weighted by molar-refractivity contribution is -0.137. The van der Waals surface area contributed by atoms with Crippen LogP contribution in [0.15, 0.2) is 66.7 Å². The molecule has 0 heterocycles. The van der Waals surface area contributed by atoms with E-state index in [1.54, 1.807) is 6.08 Å². The van der Waals surface area contributed by atoms with Crippen LogP contribution in [0.25, 0.3) is 11.1 Å². The highest BCUT2D eigenvalue weighted by Gasteiger charge is 2.49. The molecule has 0 aliphatic heterocycles. The molecule has 0 spiro atoms. The van der Waals surface area contributed by atoms with Gasteiger partial charge in [0.2, 0.25) is 5.91 Å². The van der Waals surface area contributed by atoms with Gasteiger partial charge < -0.3 is 20.5 Å². The number of amides is 2. The summed E-state index contributed by atoms with van der Waals surface area (Å²) < 4.78 is 73.6. The van der Waals surface area contributed by atoms with Crippen LogP contribution in [-0.4, -0.2) is 36.0 Å². The Hall–Kier alpha value is -4.74. The maximum Gasteiger partial charge on any atom is 0.416 e. The van der Waals surface area contributed by atoms with Crippen molar-refractivity contribution in [3.8, 4) is 16.9 Å². The van der Waals surface area contributed by atoms with Crippen LogP contribution in [0.5, 0.6) is 5.75 Å². The van der Waals surface area contributed by atoms with Gasteiger partial charge in [0.1, 0.15) is 17.4 Å². The first-order valence-electron chi connectivity index (χ1n) is 12.7. The van der Waals surface area contributed by atoms with Gasteiger partial charge in [0.25, 0.3) is 5.91 Å². The van der Waals surface area contributed by atoms with E-state index < -0.39 is 53.1 Å². The predicted octanol–water partition coefficient (Wildman–Crippen LogP) is 5.92. The van der Waals surface area contributed by atoms with E-state index in [0.717, 1.165) is 12.1 Å². The van der Waals surface area contributed by atoms with E-state index in [0.29, 0.717) is 24.1 Å². The van der Waals surface area contributed by atoms with Crippen LogP contribution in [0.2, 0.25) is 0 Å². The molecule has 12 heteroatoms. The van der Waals surface area contributed by atoms with Crippen LogP contribution in [0, 0.1) is 29.4 Å². The van der Waals surface area contributed by atoms with Crippen LogP contribution >= 0.6 is 0 Å². The Morgan fingerprint density at radius 1 is 0.952 bits per heavy atom. The van der Waals surface area contributed by atoms with Gasteiger partial charge in [-0.05, 0) is 60.2 Å². The number of carbonyl (C=O) groups excluding carboxylic acids is 2. The van der Waals surface area contributed by atoms with E-state index in [4.69, 9.17) is 9.84 Å². The van der Waals surface area contributed by atoms with E-state index in [1.165, 1.54) is 37.4 Å². The summed E-state index contributed by atoms with van der Waals surface area (Å²) in [5.74, 6) is -5.99. The SMILES string of the molecule is COc1cc(F)c(-c2ccc(C(=O)O)cc2)cc1C(=O)NC1C2C=CC(C2)C1C(=O)Nc1cc(F)cc(C(F)(F)F)c1. The molecule has 7 nitrogen and oxygen atoms in total. The van der Waals surface area contributed by atoms with E-state index in [1.807, 2.05) is 6.08 Å². The van der Waals surface area contributed by atoms with Crippen LogP contribution < -0.4 is 15.4 Å². The Morgan fingerprint density at radius 3 is 2.29 bits per heavy atom. The Balaban J connectivity index is 1.41. The third-order valence-corrected chi connectivity index (χ3v) is 7.53. The first-order valence-corrected chi connectivity index (χ1v) is 12.7. The molecule has 2 aliphatic rings. The zero-order chi connectivity index (χ0) is 30.3. The van der Waals surface area contributed by atoms with Gasteiger partial charge in [-0.25, -0.2) is 13.6 Å². The highest BCUT2D eigenvalue weighted by atomic mass is 19.4. The molecule has 0 saturated heterocycles. The molecule has 218 valence electrons. The van der Waals surface area contributed by atoms with Crippen molar-refractivity contribution in [3.63, 3.8) is 0 Å². The van der Waals surface area contributed by atoms with Gasteiger partial charge in [-0.3, -0.25) is 9.59 Å². The number of rotatable bonds is 7. The maximum absolute atomic E-state index is 15.0. The summed E-state index contributed by atoms with van der Waals surface area (Å²) in [7, 11) is 1.25. The van der Waals surface area contributed by atoms with Crippen molar-refractivity contribution in [2.45, 2.75) is 18.6 Å². The van der Waals surface area contributed by atoms with Gasteiger partial charge >= 0.3 is 12.1 Å². The minimum absolute atomic E-state index is 0.00610. The third-order valence-electron chi connectivity index (χ3n) is 7.53. The van der Waals surface area contributed by atoms with Gasteiger partial charge in [0, 0.05) is 23.4 Å². The molecule has 4 unspecified atom stereocenters. The number of ether oxygens (including phenoxy) is 1. The average molecular weight is 587 g/mol. The van der Waals surface area contributed by atoms with Crippen molar-refractivity contribution in [1.82, 2.24) is 5.32 Å². The second-order valence-electron chi connectivity index (χ2n) is 10.1. The van der Waals surface area contributed by atoms with Crippen molar-refractivity contribution < 1.29 is 46.2 Å². The summed E-state index contributed by atoms with van der Waals surface area (Å²) in [6, 6.07) is 8.61. The first kappa shape index (κ1) is 28.8. The number of methoxy groups -OCH3 is 1. The number of carboxylic acids is 1. The number of nitrogens with one attached hydrogen (secondary N) is 2. The van der Waals surface area contributed by atoms with Crippen LogP contribution in [0.1, 0.15) is 32.7 Å². The van der Waals surface area contributed by atoms with Crippen molar-refractivity contribution in [3.05, 3.63) is 95.1 Å². The van der Waals surface area contributed by atoms with Crippen molar-refractivity contribution in [2.75, 3.05) is 12.4 Å². The van der Waals surface area contributed by atoms with E-state index >= 15 is 0 Å². The minimum atomic E-state index is -4.82. The number of allylic oxidation sites excluding steroid dienone is 1. The number of halogens is 5. The van der Waals surface area contributed by atoms with Gasteiger partial charge in [-0.1, -0.05) is 24.3 Å². The number of aromatic carboxylic acids is 1. The number of benzene rings is 3. The van der Waals surface area contributed by atoms with Crippen LogP contribution in [0.3, 0.4) is 0 Å². The number of fused-ring (bicyclic) bond motifs is 2. The number of anilines is 1. The van der Waals surface area contributed by atoms with E-state index in [-0.39, 0.29) is 40.0 Å². The quantitative estimate of drug-likeness (QED) is 0.236.